The van der Waals surface area contributed by atoms with E-state index in [0.29, 0.717) is 17.2 Å². The molecule has 1 saturated heterocycles. The Morgan fingerprint density at radius 3 is 2.69 bits per heavy atom. The Labute approximate surface area is 154 Å². The van der Waals surface area contributed by atoms with E-state index in [4.69, 9.17) is 9.47 Å². The molecule has 3 atom stereocenters. The maximum Gasteiger partial charge on any atom is 0.227 e. The van der Waals surface area contributed by atoms with Crippen molar-refractivity contribution >= 4 is 17.5 Å². The SMILES string of the molecule is CC[C@@H](C)[C@@H](CO)NC(=O)[C@@H]1CC(=O)N(c2ccc(OC)cc2OC)C1. The summed E-state index contributed by atoms with van der Waals surface area (Å²) >= 11 is 0. The molecule has 1 heterocycles. The number of carbonyl (C=O) groups excluding carboxylic acids is 2. The molecule has 1 aliphatic rings. The molecule has 2 rings (SSSR count). The first-order valence-electron chi connectivity index (χ1n) is 8.88. The van der Waals surface area contributed by atoms with E-state index in [2.05, 4.69) is 5.32 Å². The highest BCUT2D eigenvalue weighted by Gasteiger charge is 2.37. The number of aliphatic hydroxyl groups excluding tert-OH is 1. The van der Waals surface area contributed by atoms with Gasteiger partial charge < -0.3 is 24.8 Å². The van der Waals surface area contributed by atoms with Crippen LogP contribution in [0.25, 0.3) is 0 Å². The summed E-state index contributed by atoms with van der Waals surface area (Å²) in [4.78, 5) is 26.6. The van der Waals surface area contributed by atoms with Crippen LogP contribution in [0, 0.1) is 11.8 Å². The molecule has 0 radical (unpaired) electrons. The number of anilines is 1. The average Bonchev–Trinajstić information content (AvgIpc) is 3.06. The molecule has 0 unspecified atom stereocenters. The van der Waals surface area contributed by atoms with E-state index >= 15 is 0 Å². The number of hydrogen-bond donors (Lipinski definition) is 2. The van der Waals surface area contributed by atoms with Crippen molar-refractivity contribution in [2.75, 3.05) is 32.3 Å². The molecule has 7 heteroatoms. The summed E-state index contributed by atoms with van der Waals surface area (Å²) in [5.41, 5.74) is 0.620. The Kier molecular flexibility index (Phi) is 6.85. The largest absolute Gasteiger partial charge is 0.497 e. The van der Waals surface area contributed by atoms with Crippen molar-refractivity contribution in [1.29, 1.82) is 0 Å². The molecule has 0 saturated carbocycles. The summed E-state index contributed by atoms with van der Waals surface area (Å²) in [5.74, 6) is 0.536. The van der Waals surface area contributed by atoms with E-state index in [1.807, 2.05) is 13.8 Å². The third-order valence-electron chi connectivity index (χ3n) is 5.03. The number of aliphatic hydroxyl groups is 1. The Hall–Kier alpha value is -2.28. The number of carbonyl (C=O) groups is 2. The van der Waals surface area contributed by atoms with Crippen LogP contribution in [0.5, 0.6) is 11.5 Å². The van der Waals surface area contributed by atoms with Gasteiger partial charge in [-0.1, -0.05) is 20.3 Å². The predicted molar refractivity (Wildman–Crippen MR) is 98.5 cm³/mol. The number of ether oxygens (including phenoxy) is 2. The van der Waals surface area contributed by atoms with Crippen LogP contribution >= 0.6 is 0 Å². The molecule has 144 valence electrons. The molecule has 2 N–H and O–H groups in total. The molecule has 26 heavy (non-hydrogen) atoms. The third-order valence-corrected chi connectivity index (χ3v) is 5.03. The summed E-state index contributed by atoms with van der Waals surface area (Å²) < 4.78 is 10.5. The zero-order valence-corrected chi connectivity index (χ0v) is 15.8. The van der Waals surface area contributed by atoms with Crippen LogP contribution < -0.4 is 19.7 Å². The standard InChI is InChI=1S/C19H28N2O5/c1-5-12(2)15(11-22)20-19(24)13-8-18(23)21(10-13)16-7-6-14(25-3)9-17(16)26-4/h6-7,9,12-13,15,22H,5,8,10-11H2,1-4H3,(H,20,24)/t12-,13-,15-/m1/s1. The lowest BCUT2D eigenvalue weighted by Gasteiger charge is -2.24. The highest BCUT2D eigenvalue weighted by Crippen LogP contribution is 2.35. The van der Waals surface area contributed by atoms with Gasteiger partial charge in [-0.3, -0.25) is 9.59 Å². The molecular formula is C19H28N2O5. The molecular weight excluding hydrogens is 336 g/mol. The van der Waals surface area contributed by atoms with Crippen LogP contribution in [0.2, 0.25) is 0 Å². The van der Waals surface area contributed by atoms with Gasteiger partial charge in [0.1, 0.15) is 11.5 Å². The number of benzene rings is 1. The lowest BCUT2D eigenvalue weighted by Crippen LogP contribution is -2.45. The normalized spacial score (nSPS) is 19.2. The van der Waals surface area contributed by atoms with Gasteiger partial charge in [-0.2, -0.15) is 0 Å². The second-order valence-electron chi connectivity index (χ2n) is 6.63. The van der Waals surface area contributed by atoms with E-state index in [9.17, 15) is 14.7 Å². The van der Waals surface area contributed by atoms with Crippen LogP contribution in [0.4, 0.5) is 5.69 Å². The van der Waals surface area contributed by atoms with Crippen molar-refractivity contribution in [1.82, 2.24) is 5.32 Å². The third kappa shape index (κ3) is 4.27. The van der Waals surface area contributed by atoms with Crippen LogP contribution in [-0.4, -0.2) is 50.3 Å². The fourth-order valence-electron chi connectivity index (χ4n) is 3.08. The molecule has 1 fully saturated rings. The number of methoxy groups -OCH3 is 2. The monoisotopic (exact) mass is 364 g/mol. The van der Waals surface area contributed by atoms with Crippen molar-refractivity contribution in [2.45, 2.75) is 32.7 Å². The molecule has 0 aromatic heterocycles. The highest BCUT2D eigenvalue weighted by atomic mass is 16.5. The Morgan fingerprint density at radius 1 is 1.38 bits per heavy atom. The number of amides is 2. The number of rotatable bonds is 8. The molecule has 2 amide bonds. The van der Waals surface area contributed by atoms with Gasteiger partial charge in [0.05, 0.1) is 38.5 Å². The smallest absolute Gasteiger partial charge is 0.227 e. The van der Waals surface area contributed by atoms with E-state index < -0.39 is 5.92 Å². The van der Waals surface area contributed by atoms with Crippen LogP contribution in [0.1, 0.15) is 26.7 Å². The van der Waals surface area contributed by atoms with E-state index in [1.54, 1.807) is 30.2 Å². The van der Waals surface area contributed by atoms with Gasteiger partial charge in [-0.25, -0.2) is 0 Å². The summed E-state index contributed by atoms with van der Waals surface area (Å²) in [6.45, 7) is 4.16. The van der Waals surface area contributed by atoms with E-state index in [0.717, 1.165) is 6.42 Å². The van der Waals surface area contributed by atoms with Crippen molar-refractivity contribution in [3.63, 3.8) is 0 Å². The second kappa shape index (κ2) is 8.89. The van der Waals surface area contributed by atoms with Gasteiger partial charge in [-0.05, 0) is 18.1 Å². The molecule has 1 aromatic rings. The zero-order valence-electron chi connectivity index (χ0n) is 15.8. The number of nitrogens with one attached hydrogen (secondary N) is 1. The first kappa shape index (κ1) is 20.0. The van der Waals surface area contributed by atoms with Crippen LogP contribution in [-0.2, 0) is 9.59 Å². The minimum atomic E-state index is -0.451. The molecule has 1 aromatic carbocycles. The highest BCUT2D eigenvalue weighted by molar-refractivity contribution is 6.01. The Bertz CT molecular complexity index is 649. The van der Waals surface area contributed by atoms with Crippen LogP contribution in [0.3, 0.4) is 0 Å². The summed E-state index contributed by atoms with van der Waals surface area (Å²) in [7, 11) is 3.09. The van der Waals surface area contributed by atoms with Crippen LogP contribution in [0.15, 0.2) is 18.2 Å². The molecule has 7 nitrogen and oxygen atoms in total. The number of nitrogens with zero attached hydrogens (tertiary/aromatic N) is 1. The molecule has 0 spiro atoms. The summed E-state index contributed by atoms with van der Waals surface area (Å²) in [5, 5.41) is 12.4. The number of hydrogen-bond acceptors (Lipinski definition) is 5. The fourth-order valence-corrected chi connectivity index (χ4v) is 3.08. The van der Waals surface area contributed by atoms with Gasteiger partial charge in [0.2, 0.25) is 11.8 Å². The zero-order chi connectivity index (χ0) is 19.3. The van der Waals surface area contributed by atoms with Gasteiger partial charge in [0.15, 0.2) is 0 Å². The summed E-state index contributed by atoms with van der Waals surface area (Å²) in [6, 6.07) is 4.92. The predicted octanol–water partition coefficient (Wildman–Crippen LogP) is 1.58. The lowest BCUT2D eigenvalue weighted by atomic mass is 9.98. The van der Waals surface area contributed by atoms with Crippen molar-refractivity contribution in [3.8, 4) is 11.5 Å². The maximum atomic E-state index is 12.6. The quantitative estimate of drug-likeness (QED) is 0.731. The minimum Gasteiger partial charge on any atom is -0.497 e. The van der Waals surface area contributed by atoms with Crippen molar-refractivity contribution < 1.29 is 24.2 Å². The van der Waals surface area contributed by atoms with Crippen molar-refractivity contribution in [3.05, 3.63) is 18.2 Å². The van der Waals surface area contributed by atoms with Gasteiger partial charge >= 0.3 is 0 Å². The van der Waals surface area contributed by atoms with E-state index in [-0.39, 0.29) is 43.3 Å². The summed E-state index contributed by atoms with van der Waals surface area (Å²) in [6.07, 6.45) is 0.990. The van der Waals surface area contributed by atoms with E-state index in [1.165, 1.54) is 7.11 Å². The molecule has 1 aliphatic heterocycles. The topological polar surface area (TPSA) is 88.1 Å². The Morgan fingerprint density at radius 2 is 2.12 bits per heavy atom. The maximum absolute atomic E-state index is 12.6. The fraction of sp³-hybridized carbons (Fsp3) is 0.579. The lowest BCUT2D eigenvalue weighted by molar-refractivity contribution is -0.127. The first-order valence-corrected chi connectivity index (χ1v) is 8.88. The minimum absolute atomic E-state index is 0.114. The first-order chi connectivity index (χ1) is 12.4. The average molecular weight is 364 g/mol. The second-order valence-corrected chi connectivity index (χ2v) is 6.63. The van der Waals surface area contributed by atoms with Gasteiger partial charge in [0, 0.05) is 19.0 Å². The van der Waals surface area contributed by atoms with Gasteiger partial charge in [-0.15, -0.1) is 0 Å². The van der Waals surface area contributed by atoms with Crippen molar-refractivity contribution in [2.24, 2.45) is 11.8 Å². The molecule has 0 aliphatic carbocycles. The van der Waals surface area contributed by atoms with Gasteiger partial charge in [0.25, 0.3) is 0 Å². The molecule has 0 bridgehead atoms. The Balaban J connectivity index is 2.12.